The lowest BCUT2D eigenvalue weighted by molar-refractivity contribution is -0.0963. The molecule has 0 radical (unpaired) electrons. The Balaban J connectivity index is 1.57. The number of para-hydroxylation sites is 1. The van der Waals surface area contributed by atoms with Crippen LogP contribution in [0.1, 0.15) is 64.1 Å². The van der Waals surface area contributed by atoms with Crippen molar-refractivity contribution in [2.45, 2.75) is 44.6 Å². The number of rotatable bonds is 6. The van der Waals surface area contributed by atoms with E-state index in [0.29, 0.717) is 27.2 Å². The first kappa shape index (κ1) is 26.7. The Morgan fingerprint density at radius 3 is 2.36 bits per heavy atom. The third kappa shape index (κ3) is 5.33. The number of fused-ring (bicyclic) bond motifs is 1. The average Bonchev–Trinajstić information content (AvgIpc) is 2.98. The van der Waals surface area contributed by atoms with Gasteiger partial charge in [-0.1, -0.05) is 61.2 Å². The van der Waals surface area contributed by atoms with Crippen molar-refractivity contribution in [1.82, 2.24) is 9.63 Å². The Bertz CT molecular complexity index is 1580. The van der Waals surface area contributed by atoms with Gasteiger partial charge < -0.3 is 9.30 Å². The highest BCUT2D eigenvalue weighted by molar-refractivity contribution is 6.31. The number of benzene rings is 3. The number of carbonyl (C=O) groups excluding carboxylic acids is 2. The highest BCUT2D eigenvalue weighted by Gasteiger charge is 2.26. The zero-order chi connectivity index (χ0) is 27.5. The molecule has 0 unspecified atom stereocenters. The summed E-state index contributed by atoms with van der Waals surface area (Å²) in [5.74, 6) is -1.10. The molecule has 200 valence electrons. The number of hydrogen-bond acceptors (Lipinski definition) is 5. The van der Waals surface area contributed by atoms with Crippen molar-refractivity contribution in [1.29, 1.82) is 0 Å². The molecule has 0 spiro atoms. The second kappa shape index (κ2) is 11.4. The molecule has 1 aliphatic carbocycles. The van der Waals surface area contributed by atoms with E-state index in [2.05, 4.69) is 0 Å². The minimum absolute atomic E-state index is 0.113. The Morgan fingerprint density at radius 1 is 1.00 bits per heavy atom. The maximum absolute atomic E-state index is 13.8. The molecule has 39 heavy (non-hydrogen) atoms. The number of hydrogen-bond donors (Lipinski definition) is 1. The monoisotopic (exact) mass is 544 g/mol. The van der Waals surface area contributed by atoms with Crippen LogP contribution in [0, 0.1) is 0 Å². The van der Waals surface area contributed by atoms with Crippen LogP contribution in [-0.2, 0) is 11.2 Å². The number of methoxy groups -OCH3 is 1. The molecule has 7 nitrogen and oxygen atoms in total. The van der Waals surface area contributed by atoms with Gasteiger partial charge in [0, 0.05) is 33.6 Å². The topological polar surface area (TPSA) is 88.8 Å². The predicted molar refractivity (Wildman–Crippen MR) is 150 cm³/mol. The Labute approximate surface area is 231 Å². The Morgan fingerprint density at radius 2 is 1.69 bits per heavy atom. The van der Waals surface area contributed by atoms with Gasteiger partial charge in [-0.05, 0) is 60.9 Å². The van der Waals surface area contributed by atoms with E-state index in [1.165, 1.54) is 7.11 Å². The molecule has 1 aliphatic rings. The molecule has 5 rings (SSSR count). The molecule has 3 aromatic carbocycles. The van der Waals surface area contributed by atoms with E-state index in [0.717, 1.165) is 42.7 Å². The van der Waals surface area contributed by atoms with Crippen LogP contribution in [0.2, 0.25) is 5.02 Å². The van der Waals surface area contributed by atoms with Gasteiger partial charge in [0.05, 0.1) is 18.7 Å². The molecule has 1 heterocycles. The maximum Gasteiger partial charge on any atom is 0.355 e. The summed E-state index contributed by atoms with van der Waals surface area (Å²) >= 11 is 6.30. The second-order valence-corrected chi connectivity index (χ2v) is 10.2. The van der Waals surface area contributed by atoms with E-state index >= 15 is 0 Å². The molecule has 0 aliphatic heterocycles. The largest absolute Gasteiger partial charge is 0.464 e. The van der Waals surface area contributed by atoms with E-state index in [9.17, 15) is 19.6 Å². The molecule has 0 atom stereocenters. The number of halogens is 1. The van der Waals surface area contributed by atoms with Gasteiger partial charge in [0.2, 0.25) is 0 Å². The van der Waals surface area contributed by atoms with Gasteiger partial charge in [-0.2, -0.15) is 0 Å². The number of carbonyl (C=O) groups is 2. The van der Waals surface area contributed by atoms with Crippen LogP contribution < -0.4 is 5.43 Å². The van der Waals surface area contributed by atoms with Crippen LogP contribution in [-0.4, -0.2) is 39.9 Å². The van der Waals surface area contributed by atoms with E-state index in [4.69, 9.17) is 16.3 Å². The van der Waals surface area contributed by atoms with Crippen LogP contribution in [0.5, 0.6) is 0 Å². The first-order valence-corrected chi connectivity index (χ1v) is 13.4. The summed E-state index contributed by atoms with van der Waals surface area (Å²) < 4.78 is 6.84. The summed E-state index contributed by atoms with van der Waals surface area (Å²) in [7, 11) is 1.28. The normalized spacial score (nSPS) is 13.8. The highest BCUT2D eigenvalue weighted by atomic mass is 35.5. The number of aromatic nitrogens is 1. The van der Waals surface area contributed by atoms with Crippen LogP contribution in [0.25, 0.3) is 16.6 Å². The van der Waals surface area contributed by atoms with Crippen LogP contribution in [0.3, 0.4) is 0 Å². The molecule has 4 aromatic rings. The van der Waals surface area contributed by atoms with Crippen molar-refractivity contribution < 1.29 is 19.5 Å². The summed E-state index contributed by atoms with van der Waals surface area (Å²) in [6.07, 6.45) is 4.82. The Hall–Kier alpha value is -3.94. The van der Waals surface area contributed by atoms with Gasteiger partial charge in [0.15, 0.2) is 5.43 Å². The van der Waals surface area contributed by atoms with Crippen LogP contribution >= 0.6 is 11.6 Å². The lowest BCUT2D eigenvalue weighted by Crippen LogP contribution is -2.38. The smallest absolute Gasteiger partial charge is 0.355 e. The van der Waals surface area contributed by atoms with E-state index in [-0.39, 0.29) is 29.1 Å². The fraction of sp³-hybridized carbons (Fsp3) is 0.258. The van der Waals surface area contributed by atoms with Gasteiger partial charge in [0.1, 0.15) is 5.69 Å². The van der Waals surface area contributed by atoms with Crippen molar-refractivity contribution in [2.24, 2.45) is 0 Å². The van der Waals surface area contributed by atoms with Gasteiger partial charge >= 0.3 is 5.97 Å². The minimum Gasteiger partial charge on any atom is -0.464 e. The van der Waals surface area contributed by atoms with Crippen LogP contribution in [0.4, 0.5) is 0 Å². The maximum atomic E-state index is 13.8. The molecular weight excluding hydrogens is 516 g/mol. The SMILES string of the molecule is COC(=O)c1c(Cc2ccc(C(=O)N(O)C3CCCCC3)cc2)c(=O)c2ccc(Cl)cc2n1-c1ccccc1. The predicted octanol–water partition coefficient (Wildman–Crippen LogP) is 6.19. The third-order valence-electron chi connectivity index (χ3n) is 7.33. The lowest BCUT2D eigenvalue weighted by Gasteiger charge is -2.29. The number of ether oxygens (including phenoxy) is 1. The van der Waals surface area contributed by atoms with Crippen molar-refractivity contribution in [3.8, 4) is 5.69 Å². The van der Waals surface area contributed by atoms with Gasteiger partial charge in [-0.3, -0.25) is 14.8 Å². The van der Waals surface area contributed by atoms with Gasteiger partial charge in [-0.15, -0.1) is 0 Å². The molecule has 1 saturated carbocycles. The van der Waals surface area contributed by atoms with Crippen molar-refractivity contribution in [3.63, 3.8) is 0 Å². The lowest BCUT2D eigenvalue weighted by atomic mass is 9.94. The highest BCUT2D eigenvalue weighted by Crippen LogP contribution is 2.27. The summed E-state index contributed by atoms with van der Waals surface area (Å²) in [5.41, 5.74) is 2.34. The molecule has 1 fully saturated rings. The molecule has 8 heteroatoms. The average molecular weight is 545 g/mol. The third-order valence-corrected chi connectivity index (χ3v) is 7.57. The number of pyridine rings is 1. The molecular formula is C31H29ClN2O5. The van der Waals surface area contributed by atoms with E-state index in [1.807, 2.05) is 30.3 Å². The number of esters is 1. The fourth-order valence-electron chi connectivity index (χ4n) is 5.32. The fourth-order valence-corrected chi connectivity index (χ4v) is 5.49. The quantitative estimate of drug-likeness (QED) is 0.178. The standard InChI is InChI=1S/C31H29ClN2O5/c1-39-31(37)28-26(18-20-12-14-21(15-13-20)30(36)34(38)24-10-6-3-7-11-24)29(35)25-17-16-22(32)19-27(25)33(28)23-8-4-2-5-9-23/h2,4-5,8-9,12-17,19,24,38H,3,6-7,10-11,18H2,1H3. The zero-order valence-electron chi connectivity index (χ0n) is 21.6. The van der Waals surface area contributed by atoms with Crippen LogP contribution in [0.15, 0.2) is 77.6 Å². The number of amides is 1. The number of nitrogens with zero attached hydrogens (tertiary/aromatic N) is 2. The van der Waals surface area contributed by atoms with Crippen molar-refractivity contribution in [3.05, 3.63) is 110 Å². The number of hydroxylamine groups is 2. The van der Waals surface area contributed by atoms with E-state index < -0.39 is 11.9 Å². The summed E-state index contributed by atoms with van der Waals surface area (Å²) in [6, 6.07) is 20.8. The van der Waals surface area contributed by atoms with Gasteiger partial charge in [-0.25, -0.2) is 9.86 Å². The molecule has 1 amide bonds. The van der Waals surface area contributed by atoms with Gasteiger partial charge in [0.25, 0.3) is 5.91 Å². The van der Waals surface area contributed by atoms with Crippen molar-refractivity contribution >= 4 is 34.4 Å². The van der Waals surface area contributed by atoms with E-state index in [1.54, 1.807) is 47.0 Å². The summed E-state index contributed by atoms with van der Waals surface area (Å²) in [4.78, 5) is 39.8. The zero-order valence-corrected chi connectivity index (χ0v) is 22.4. The molecule has 0 bridgehead atoms. The molecule has 0 saturated heterocycles. The summed E-state index contributed by atoms with van der Waals surface area (Å²) in [5, 5.41) is 12.2. The second-order valence-electron chi connectivity index (χ2n) is 9.80. The first-order chi connectivity index (χ1) is 18.9. The molecule has 1 N–H and O–H groups in total. The van der Waals surface area contributed by atoms with Crippen molar-refractivity contribution in [2.75, 3.05) is 7.11 Å². The minimum atomic E-state index is -0.650. The summed E-state index contributed by atoms with van der Waals surface area (Å²) in [6.45, 7) is 0. The first-order valence-electron chi connectivity index (χ1n) is 13.0. The Kier molecular flexibility index (Phi) is 7.82. The molecule has 1 aromatic heterocycles.